The molecule has 2 heteroatoms. The summed E-state index contributed by atoms with van der Waals surface area (Å²) in [7, 11) is 0. The van der Waals surface area contributed by atoms with E-state index < -0.39 is 0 Å². The summed E-state index contributed by atoms with van der Waals surface area (Å²) in [5, 5.41) is 0. The lowest BCUT2D eigenvalue weighted by atomic mass is 9.96. The van der Waals surface area contributed by atoms with Gasteiger partial charge in [-0.1, -0.05) is 152 Å². The molecule has 51 heavy (non-hydrogen) atoms. The minimum Gasteiger partial charge on any atom is -0.456 e. The van der Waals surface area contributed by atoms with Crippen molar-refractivity contribution in [1.29, 1.82) is 0 Å². The molecular formula is C49H37O2+. The number of allylic oxidation sites excluding steroid dienone is 9. The Hall–Kier alpha value is -6.51. The largest absolute Gasteiger partial charge is 0.456 e. The molecule has 0 radical (unpaired) electrons. The zero-order valence-corrected chi connectivity index (χ0v) is 28.3. The van der Waals surface area contributed by atoms with Gasteiger partial charge in [-0.25, -0.2) is 4.42 Å². The molecule has 0 fully saturated rings. The lowest BCUT2D eigenvalue weighted by Gasteiger charge is -2.19. The summed E-state index contributed by atoms with van der Waals surface area (Å²) < 4.78 is 12.9. The molecule has 1 aromatic heterocycles. The second-order valence-electron chi connectivity index (χ2n) is 12.7. The normalized spacial score (nSPS) is 15.1. The van der Waals surface area contributed by atoms with Gasteiger partial charge < -0.3 is 4.74 Å². The maximum atomic E-state index is 6.45. The maximum absolute atomic E-state index is 6.45. The summed E-state index contributed by atoms with van der Waals surface area (Å²) >= 11 is 0. The van der Waals surface area contributed by atoms with Gasteiger partial charge in [0.15, 0.2) is 0 Å². The fourth-order valence-corrected chi connectivity index (χ4v) is 6.64. The number of hydrogen-bond donors (Lipinski definition) is 0. The lowest BCUT2D eigenvalue weighted by molar-refractivity contribution is 0.467. The van der Waals surface area contributed by atoms with Crippen molar-refractivity contribution in [2.24, 2.45) is 0 Å². The fraction of sp³-hybridized carbons (Fsp3) is 0.0408. The van der Waals surface area contributed by atoms with Crippen LogP contribution in [0.2, 0.25) is 0 Å². The van der Waals surface area contributed by atoms with Crippen LogP contribution < -0.4 is 0 Å². The van der Waals surface area contributed by atoms with Crippen molar-refractivity contribution < 1.29 is 9.15 Å². The third-order valence-corrected chi connectivity index (χ3v) is 9.19. The zero-order chi connectivity index (χ0) is 34.2. The van der Waals surface area contributed by atoms with Crippen LogP contribution in [0.3, 0.4) is 0 Å². The van der Waals surface area contributed by atoms with Gasteiger partial charge in [0.1, 0.15) is 11.5 Å². The van der Waals surface area contributed by atoms with E-state index in [-0.39, 0.29) is 0 Å². The molecule has 0 saturated heterocycles. The monoisotopic (exact) mass is 657 g/mol. The van der Waals surface area contributed by atoms with Gasteiger partial charge in [-0.05, 0) is 82.7 Å². The highest BCUT2D eigenvalue weighted by Crippen LogP contribution is 2.40. The first-order chi connectivity index (χ1) is 25.3. The number of hydrogen-bond acceptors (Lipinski definition) is 1. The molecule has 0 bridgehead atoms. The van der Waals surface area contributed by atoms with Gasteiger partial charge in [-0.2, -0.15) is 0 Å². The van der Waals surface area contributed by atoms with Crippen molar-refractivity contribution in [3.63, 3.8) is 0 Å². The molecule has 0 saturated carbocycles. The van der Waals surface area contributed by atoms with Crippen LogP contribution in [0.5, 0.6) is 0 Å². The summed E-state index contributed by atoms with van der Waals surface area (Å²) in [6.07, 6.45) is 15.2. The van der Waals surface area contributed by atoms with E-state index in [1.54, 1.807) is 0 Å². The standard InChI is InChI=1S/C49H37O2/c1-6-16-38(17-7-1)45-32-36(33-46(50-45)39-18-8-2-9-19-39)26-28-43-30-31-44(49(43)42-24-14-5-15-25-42)29-27-37-34-47(40-20-10-3-11-21-40)51-48(35-37)41-22-12-4-13-23-41/h1-29,32-35H,30-31H2/q+1. The molecule has 0 spiro atoms. The molecule has 2 heterocycles. The molecule has 1 aliphatic heterocycles. The highest BCUT2D eigenvalue weighted by atomic mass is 16.5. The summed E-state index contributed by atoms with van der Waals surface area (Å²) in [5.74, 6) is 3.37. The topological polar surface area (TPSA) is 20.5 Å². The molecule has 0 amide bonds. The van der Waals surface area contributed by atoms with Crippen molar-refractivity contribution in [2.75, 3.05) is 0 Å². The average molecular weight is 658 g/mol. The maximum Gasteiger partial charge on any atom is 0.361 e. The van der Waals surface area contributed by atoms with E-state index in [1.165, 1.54) is 22.3 Å². The molecule has 2 nitrogen and oxygen atoms in total. The molecule has 8 rings (SSSR count). The molecule has 2 aliphatic rings. The SMILES string of the molecule is C(/C=C1\CCC(/C=C/c2cc(-c3ccccc3)[o+]c(-c3ccccc3)c2)=C1c1ccccc1)=C1C=C(c2ccccc2)OC(c2ccccc2)=C1. The Morgan fingerprint density at radius 2 is 0.902 bits per heavy atom. The zero-order valence-electron chi connectivity index (χ0n) is 28.3. The van der Waals surface area contributed by atoms with Crippen LogP contribution in [0.1, 0.15) is 35.1 Å². The molecule has 0 atom stereocenters. The first kappa shape index (κ1) is 31.7. The van der Waals surface area contributed by atoms with Crippen LogP contribution in [0.15, 0.2) is 215 Å². The Morgan fingerprint density at radius 3 is 1.39 bits per heavy atom. The van der Waals surface area contributed by atoms with E-state index in [1.807, 2.05) is 72.8 Å². The van der Waals surface area contributed by atoms with Crippen molar-refractivity contribution in [2.45, 2.75) is 12.8 Å². The van der Waals surface area contributed by atoms with Crippen molar-refractivity contribution in [3.8, 4) is 22.6 Å². The predicted octanol–water partition coefficient (Wildman–Crippen LogP) is 13.1. The number of rotatable bonds is 8. The van der Waals surface area contributed by atoms with Gasteiger partial charge in [0.05, 0.1) is 23.3 Å². The fourth-order valence-electron chi connectivity index (χ4n) is 6.64. The molecule has 0 unspecified atom stereocenters. The van der Waals surface area contributed by atoms with Crippen molar-refractivity contribution >= 4 is 23.2 Å². The molecule has 6 aromatic rings. The Bertz CT molecular complexity index is 2210. The second kappa shape index (κ2) is 14.9. The van der Waals surface area contributed by atoms with Crippen molar-refractivity contribution in [3.05, 3.63) is 233 Å². The Labute approximate surface area is 300 Å². The van der Waals surface area contributed by atoms with Crippen LogP contribution in [0.25, 0.3) is 45.8 Å². The summed E-state index contributed by atoms with van der Waals surface area (Å²) in [5.41, 5.74) is 11.6. The van der Waals surface area contributed by atoms with Gasteiger partial charge in [0.2, 0.25) is 0 Å². The third kappa shape index (κ3) is 7.41. The molecule has 244 valence electrons. The van der Waals surface area contributed by atoms with Gasteiger partial charge in [0, 0.05) is 11.1 Å². The van der Waals surface area contributed by atoms with Crippen LogP contribution in [-0.2, 0) is 4.74 Å². The van der Waals surface area contributed by atoms with Gasteiger partial charge in [-0.15, -0.1) is 0 Å². The van der Waals surface area contributed by atoms with Crippen LogP contribution in [-0.4, -0.2) is 0 Å². The van der Waals surface area contributed by atoms with Gasteiger partial charge in [0.25, 0.3) is 0 Å². The first-order valence-corrected chi connectivity index (χ1v) is 17.5. The third-order valence-electron chi connectivity index (χ3n) is 9.19. The van der Waals surface area contributed by atoms with Crippen LogP contribution in [0, 0.1) is 0 Å². The molecular weight excluding hydrogens is 621 g/mol. The minimum atomic E-state index is 0.842. The average Bonchev–Trinajstić information content (AvgIpc) is 3.63. The molecule has 1 aliphatic carbocycles. The summed E-state index contributed by atoms with van der Waals surface area (Å²) in [4.78, 5) is 0. The quantitative estimate of drug-likeness (QED) is 0.152. The highest BCUT2D eigenvalue weighted by Gasteiger charge is 2.22. The Morgan fingerprint density at radius 1 is 0.451 bits per heavy atom. The Balaban J connectivity index is 1.19. The first-order valence-electron chi connectivity index (χ1n) is 17.5. The van der Waals surface area contributed by atoms with Gasteiger partial charge in [-0.3, -0.25) is 0 Å². The molecule has 0 N–H and O–H groups in total. The van der Waals surface area contributed by atoms with E-state index in [4.69, 9.17) is 9.15 Å². The van der Waals surface area contributed by atoms with E-state index in [9.17, 15) is 0 Å². The van der Waals surface area contributed by atoms with E-state index >= 15 is 0 Å². The number of benzene rings is 5. The van der Waals surface area contributed by atoms with Crippen LogP contribution in [0.4, 0.5) is 0 Å². The van der Waals surface area contributed by atoms with E-state index in [0.717, 1.165) is 69.3 Å². The summed E-state index contributed by atoms with van der Waals surface area (Å²) in [6, 6.07) is 56.3. The summed E-state index contributed by atoms with van der Waals surface area (Å²) in [6.45, 7) is 0. The second-order valence-corrected chi connectivity index (χ2v) is 12.7. The minimum absolute atomic E-state index is 0.842. The number of ether oxygens (including phenoxy) is 1. The van der Waals surface area contributed by atoms with Crippen molar-refractivity contribution in [1.82, 2.24) is 0 Å². The van der Waals surface area contributed by atoms with Gasteiger partial charge >= 0.3 is 11.5 Å². The smallest absolute Gasteiger partial charge is 0.361 e. The van der Waals surface area contributed by atoms with Crippen LogP contribution >= 0.6 is 0 Å². The molecule has 5 aromatic carbocycles. The Kier molecular flexibility index (Phi) is 9.30. The highest BCUT2D eigenvalue weighted by molar-refractivity contribution is 5.87. The lowest BCUT2D eigenvalue weighted by Crippen LogP contribution is -1.99. The predicted molar refractivity (Wildman–Crippen MR) is 212 cm³/mol. The van der Waals surface area contributed by atoms with E-state index in [0.29, 0.717) is 0 Å². The van der Waals surface area contributed by atoms with E-state index in [2.05, 4.69) is 127 Å².